The maximum absolute atomic E-state index is 10.1. The third-order valence-electron chi connectivity index (χ3n) is 1.41. The van der Waals surface area contributed by atoms with Crippen molar-refractivity contribution in [2.45, 2.75) is 11.8 Å². The summed E-state index contributed by atoms with van der Waals surface area (Å²) in [5.41, 5.74) is 0.623. The minimum absolute atomic E-state index is 0.623. The van der Waals surface area contributed by atoms with Crippen molar-refractivity contribution in [3.05, 3.63) is 29.8 Å². The van der Waals surface area contributed by atoms with Gasteiger partial charge in [0.15, 0.2) is 0 Å². The van der Waals surface area contributed by atoms with Crippen molar-refractivity contribution in [3.63, 3.8) is 0 Å². The Morgan fingerprint density at radius 3 is 2.21 bits per heavy atom. The SMILES string of the molecule is CCOC.O=Cc1ccc(SO)cc1. The van der Waals surface area contributed by atoms with Crippen molar-refractivity contribution < 1.29 is 14.1 Å². The van der Waals surface area contributed by atoms with E-state index < -0.39 is 0 Å². The van der Waals surface area contributed by atoms with Gasteiger partial charge in [0.05, 0.1) is 0 Å². The summed E-state index contributed by atoms with van der Waals surface area (Å²) in [6, 6.07) is 6.69. The maximum atomic E-state index is 10.1. The van der Waals surface area contributed by atoms with Crippen LogP contribution >= 0.6 is 12.0 Å². The zero-order valence-electron chi connectivity index (χ0n) is 8.27. The van der Waals surface area contributed by atoms with Crippen molar-refractivity contribution in [3.8, 4) is 0 Å². The Kier molecular flexibility index (Phi) is 8.22. The predicted octanol–water partition coefficient (Wildman–Crippen LogP) is 2.72. The summed E-state index contributed by atoms with van der Waals surface area (Å²) < 4.78 is 13.1. The molecule has 0 saturated carbocycles. The van der Waals surface area contributed by atoms with Gasteiger partial charge in [0.25, 0.3) is 0 Å². The Balaban J connectivity index is 0.000000364. The molecular formula is C10H14O3S. The number of hydrogen-bond acceptors (Lipinski definition) is 4. The van der Waals surface area contributed by atoms with Gasteiger partial charge in [-0.05, 0) is 19.1 Å². The van der Waals surface area contributed by atoms with Gasteiger partial charge in [0.2, 0.25) is 0 Å². The van der Waals surface area contributed by atoms with Crippen molar-refractivity contribution in [1.29, 1.82) is 0 Å². The van der Waals surface area contributed by atoms with Gasteiger partial charge in [0, 0.05) is 36.2 Å². The van der Waals surface area contributed by atoms with Crippen LogP contribution in [0.3, 0.4) is 0 Å². The minimum atomic E-state index is 0.623. The Bertz CT molecular complexity index is 244. The molecule has 0 aliphatic heterocycles. The van der Waals surface area contributed by atoms with Crippen LogP contribution in [0.2, 0.25) is 0 Å². The molecule has 0 bridgehead atoms. The molecule has 0 aliphatic rings. The fourth-order valence-corrected chi connectivity index (χ4v) is 0.865. The summed E-state index contributed by atoms with van der Waals surface area (Å²) in [4.78, 5) is 10.9. The van der Waals surface area contributed by atoms with E-state index in [0.29, 0.717) is 17.6 Å². The third kappa shape index (κ3) is 5.75. The van der Waals surface area contributed by atoms with Crippen molar-refractivity contribution in [1.82, 2.24) is 0 Å². The lowest BCUT2D eigenvalue weighted by molar-refractivity contribution is 0.112. The first-order chi connectivity index (χ1) is 6.78. The summed E-state index contributed by atoms with van der Waals surface area (Å²) >= 11 is 0.672. The molecule has 78 valence electrons. The van der Waals surface area contributed by atoms with E-state index in [1.54, 1.807) is 31.4 Å². The molecule has 1 aromatic carbocycles. The van der Waals surface area contributed by atoms with Gasteiger partial charge in [-0.3, -0.25) is 4.79 Å². The second-order valence-corrected chi connectivity index (χ2v) is 3.01. The Labute approximate surface area is 88.3 Å². The maximum Gasteiger partial charge on any atom is 0.150 e. The third-order valence-corrected chi connectivity index (χ3v) is 1.89. The molecule has 0 unspecified atom stereocenters. The first-order valence-electron chi connectivity index (χ1n) is 4.14. The first kappa shape index (κ1) is 13.2. The molecule has 1 aromatic rings. The van der Waals surface area contributed by atoms with E-state index in [2.05, 4.69) is 4.74 Å². The average molecular weight is 214 g/mol. The zero-order valence-corrected chi connectivity index (χ0v) is 9.08. The summed E-state index contributed by atoms with van der Waals surface area (Å²) in [7, 11) is 1.68. The average Bonchev–Trinajstić information content (AvgIpc) is 2.29. The van der Waals surface area contributed by atoms with E-state index in [4.69, 9.17) is 4.55 Å². The highest BCUT2D eigenvalue weighted by atomic mass is 32.2. The lowest BCUT2D eigenvalue weighted by atomic mass is 10.2. The number of ether oxygens (including phenoxy) is 1. The standard InChI is InChI=1S/C7H6O2S.C3H8O/c8-5-6-1-3-7(10-9)4-2-6;1-3-4-2/h1-5,9H;3H2,1-2H3. The van der Waals surface area contributed by atoms with E-state index in [-0.39, 0.29) is 0 Å². The lowest BCUT2D eigenvalue weighted by Crippen LogP contribution is -1.77. The summed E-state index contributed by atoms with van der Waals surface area (Å²) in [6.45, 7) is 2.78. The van der Waals surface area contributed by atoms with Crippen LogP contribution in [-0.4, -0.2) is 24.6 Å². The molecular weight excluding hydrogens is 200 g/mol. The largest absolute Gasteiger partial charge is 0.385 e. The molecule has 0 fully saturated rings. The van der Waals surface area contributed by atoms with Crippen LogP contribution in [-0.2, 0) is 4.74 Å². The van der Waals surface area contributed by atoms with Crippen LogP contribution in [0.1, 0.15) is 17.3 Å². The van der Waals surface area contributed by atoms with E-state index in [1.165, 1.54) is 0 Å². The molecule has 1 rings (SSSR count). The fourth-order valence-electron chi connectivity index (χ4n) is 0.607. The molecule has 3 nitrogen and oxygen atoms in total. The number of benzene rings is 1. The second kappa shape index (κ2) is 8.74. The first-order valence-corrected chi connectivity index (χ1v) is 4.91. The van der Waals surface area contributed by atoms with Crippen LogP contribution < -0.4 is 0 Å². The minimum Gasteiger partial charge on any atom is -0.385 e. The summed E-state index contributed by atoms with van der Waals surface area (Å²) in [5, 5.41) is 0. The van der Waals surface area contributed by atoms with Gasteiger partial charge in [-0.25, -0.2) is 0 Å². The lowest BCUT2D eigenvalue weighted by Gasteiger charge is -1.92. The summed E-state index contributed by atoms with van der Waals surface area (Å²) in [6.07, 6.45) is 0.770. The highest BCUT2D eigenvalue weighted by Gasteiger charge is 1.90. The molecule has 0 aliphatic carbocycles. The van der Waals surface area contributed by atoms with Gasteiger partial charge in [-0.2, -0.15) is 0 Å². The smallest absolute Gasteiger partial charge is 0.150 e. The van der Waals surface area contributed by atoms with E-state index >= 15 is 0 Å². The zero-order chi connectivity index (χ0) is 10.8. The number of carbonyl (C=O) groups excluding carboxylic acids is 1. The predicted molar refractivity (Wildman–Crippen MR) is 57.9 cm³/mol. The van der Waals surface area contributed by atoms with Gasteiger partial charge in [-0.1, -0.05) is 12.1 Å². The molecule has 1 N–H and O–H groups in total. The highest BCUT2D eigenvalue weighted by molar-refractivity contribution is 7.93. The molecule has 0 atom stereocenters. The Hall–Kier alpha value is -0.840. The van der Waals surface area contributed by atoms with Crippen LogP contribution in [0.15, 0.2) is 29.2 Å². The second-order valence-electron chi connectivity index (χ2n) is 2.36. The fraction of sp³-hybridized carbons (Fsp3) is 0.300. The topological polar surface area (TPSA) is 46.5 Å². The normalized spacial score (nSPS) is 8.79. The van der Waals surface area contributed by atoms with Crippen molar-refractivity contribution >= 4 is 18.3 Å². The number of hydrogen-bond donors (Lipinski definition) is 1. The van der Waals surface area contributed by atoms with Gasteiger partial charge in [0.1, 0.15) is 6.29 Å². The van der Waals surface area contributed by atoms with Crippen LogP contribution in [0, 0.1) is 0 Å². The Morgan fingerprint density at radius 2 is 1.93 bits per heavy atom. The van der Waals surface area contributed by atoms with Crippen molar-refractivity contribution in [2.24, 2.45) is 0 Å². The van der Waals surface area contributed by atoms with Gasteiger partial charge >= 0.3 is 0 Å². The number of carbonyl (C=O) groups is 1. The Morgan fingerprint density at radius 1 is 1.43 bits per heavy atom. The molecule has 0 aromatic heterocycles. The highest BCUT2D eigenvalue weighted by Crippen LogP contribution is 2.13. The van der Waals surface area contributed by atoms with Crippen LogP contribution in [0.5, 0.6) is 0 Å². The monoisotopic (exact) mass is 214 g/mol. The van der Waals surface area contributed by atoms with Gasteiger partial charge < -0.3 is 9.29 Å². The molecule has 0 radical (unpaired) electrons. The van der Waals surface area contributed by atoms with E-state index in [9.17, 15) is 4.79 Å². The molecule has 0 heterocycles. The molecule has 0 spiro atoms. The number of rotatable bonds is 3. The van der Waals surface area contributed by atoms with Crippen LogP contribution in [0.4, 0.5) is 0 Å². The van der Waals surface area contributed by atoms with Crippen molar-refractivity contribution in [2.75, 3.05) is 13.7 Å². The number of aldehydes is 1. The molecule has 14 heavy (non-hydrogen) atoms. The molecule has 4 heteroatoms. The van der Waals surface area contributed by atoms with Gasteiger partial charge in [-0.15, -0.1) is 0 Å². The van der Waals surface area contributed by atoms with E-state index in [1.807, 2.05) is 6.92 Å². The van der Waals surface area contributed by atoms with Crippen LogP contribution in [0.25, 0.3) is 0 Å². The molecule has 0 amide bonds. The number of methoxy groups -OCH3 is 1. The quantitative estimate of drug-likeness (QED) is 0.620. The van der Waals surface area contributed by atoms with E-state index in [0.717, 1.165) is 17.8 Å². The molecule has 0 saturated heterocycles. The summed E-state index contributed by atoms with van der Waals surface area (Å²) in [5.74, 6) is 0.